The van der Waals surface area contributed by atoms with E-state index in [-0.39, 0.29) is 18.2 Å². The summed E-state index contributed by atoms with van der Waals surface area (Å²) in [7, 11) is 0. The highest BCUT2D eigenvalue weighted by atomic mass is 32.1. The van der Waals surface area contributed by atoms with Crippen LogP contribution in [0.15, 0.2) is 42.6 Å². The molecular formula is C24H21F6N3O2S. The summed E-state index contributed by atoms with van der Waals surface area (Å²) in [6, 6.07) is 6.42. The van der Waals surface area contributed by atoms with Gasteiger partial charge < -0.3 is 9.64 Å². The number of rotatable bonds is 5. The van der Waals surface area contributed by atoms with E-state index in [0.29, 0.717) is 21.6 Å². The predicted octanol–water partition coefficient (Wildman–Crippen LogP) is 6.24. The molecule has 2 aromatic heterocycles. The van der Waals surface area contributed by atoms with Crippen molar-refractivity contribution in [1.29, 1.82) is 0 Å². The minimum Gasteiger partial charge on any atom is -0.475 e. The van der Waals surface area contributed by atoms with Crippen LogP contribution in [0.1, 0.15) is 34.4 Å². The first kappa shape index (κ1) is 25.9. The molecule has 3 heterocycles. The second-order valence-corrected chi connectivity index (χ2v) is 9.85. The molecule has 1 aliphatic heterocycles. The van der Waals surface area contributed by atoms with Crippen molar-refractivity contribution in [3.8, 4) is 16.3 Å². The number of aromatic nitrogens is 2. The van der Waals surface area contributed by atoms with E-state index >= 15 is 0 Å². The van der Waals surface area contributed by atoms with Crippen molar-refractivity contribution >= 4 is 17.2 Å². The number of halogens is 6. The first-order valence-electron chi connectivity index (χ1n) is 10.9. The summed E-state index contributed by atoms with van der Waals surface area (Å²) in [5.41, 5.74) is -0.472. The Morgan fingerprint density at radius 2 is 1.89 bits per heavy atom. The molecule has 2 unspecified atom stereocenters. The Balaban J connectivity index is 1.60. The van der Waals surface area contributed by atoms with Gasteiger partial charge in [-0.3, -0.25) is 4.79 Å². The van der Waals surface area contributed by atoms with Crippen LogP contribution in [0.4, 0.5) is 26.3 Å². The molecule has 0 bridgehead atoms. The van der Waals surface area contributed by atoms with Crippen molar-refractivity contribution in [2.24, 2.45) is 5.92 Å². The lowest BCUT2D eigenvalue weighted by atomic mass is 9.88. The molecule has 4 rings (SSSR count). The van der Waals surface area contributed by atoms with Gasteiger partial charge >= 0.3 is 6.18 Å². The molecule has 0 radical (unpaired) electrons. The summed E-state index contributed by atoms with van der Waals surface area (Å²) in [6.45, 7) is 2.09. The SMILES string of the molecule is Cc1nc(C(=O)N2CC(F)(F)CC(C)C2COc2ccc(C(F)(F)F)cn2)c(-c2ccc(F)cc2)s1. The molecule has 1 aliphatic rings. The number of carbonyl (C=O) groups excluding carboxylic acids is 1. The summed E-state index contributed by atoms with van der Waals surface area (Å²) < 4.78 is 86.3. The molecule has 1 fully saturated rings. The van der Waals surface area contributed by atoms with E-state index in [1.807, 2.05) is 0 Å². The van der Waals surface area contributed by atoms with Gasteiger partial charge in [-0.1, -0.05) is 19.1 Å². The molecular weight excluding hydrogens is 508 g/mol. The van der Waals surface area contributed by atoms with E-state index in [1.165, 1.54) is 35.6 Å². The van der Waals surface area contributed by atoms with Crippen molar-refractivity contribution < 1.29 is 35.9 Å². The number of nitrogens with zero attached hydrogens (tertiary/aromatic N) is 3. The Morgan fingerprint density at radius 3 is 2.50 bits per heavy atom. The molecule has 1 amide bonds. The van der Waals surface area contributed by atoms with Crippen LogP contribution < -0.4 is 4.74 Å². The molecule has 0 N–H and O–H groups in total. The summed E-state index contributed by atoms with van der Waals surface area (Å²) in [5.74, 6) is -5.18. The van der Waals surface area contributed by atoms with Crippen molar-refractivity contribution in [1.82, 2.24) is 14.9 Å². The Morgan fingerprint density at radius 1 is 1.19 bits per heavy atom. The van der Waals surface area contributed by atoms with Gasteiger partial charge in [0.25, 0.3) is 11.8 Å². The summed E-state index contributed by atoms with van der Waals surface area (Å²) >= 11 is 1.18. The van der Waals surface area contributed by atoms with E-state index in [0.717, 1.165) is 17.0 Å². The maximum atomic E-state index is 14.5. The van der Waals surface area contributed by atoms with E-state index in [9.17, 15) is 31.1 Å². The van der Waals surface area contributed by atoms with E-state index in [1.54, 1.807) is 13.8 Å². The summed E-state index contributed by atoms with van der Waals surface area (Å²) in [4.78, 5) is 22.9. The molecule has 36 heavy (non-hydrogen) atoms. The van der Waals surface area contributed by atoms with Crippen LogP contribution in [0.3, 0.4) is 0 Å². The number of alkyl halides is 5. The molecule has 1 aromatic carbocycles. The quantitative estimate of drug-likeness (QED) is 0.368. The average molecular weight is 530 g/mol. The smallest absolute Gasteiger partial charge is 0.417 e. The fraction of sp³-hybridized carbons (Fsp3) is 0.375. The number of likely N-dealkylation sites (tertiary alicyclic amines) is 1. The average Bonchev–Trinajstić information content (AvgIpc) is 3.19. The van der Waals surface area contributed by atoms with Gasteiger partial charge in [-0.2, -0.15) is 13.2 Å². The zero-order valence-electron chi connectivity index (χ0n) is 19.2. The standard InChI is InChI=1S/C24H21F6N3O2S/c1-13-9-23(26,27)12-33(18(13)11-35-19-8-5-16(10-31-19)24(28,29)30)22(34)20-21(36-14(2)32-20)15-3-6-17(25)7-4-15/h3-8,10,13,18H,9,11-12H2,1-2H3. The first-order valence-corrected chi connectivity index (χ1v) is 11.7. The van der Waals surface area contributed by atoms with Crippen LogP contribution in [-0.2, 0) is 6.18 Å². The summed E-state index contributed by atoms with van der Waals surface area (Å²) in [6.07, 6.45) is -4.44. The molecule has 1 saturated heterocycles. The molecule has 0 aliphatic carbocycles. The van der Waals surface area contributed by atoms with Crippen LogP contribution >= 0.6 is 11.3 Å². The van der Waals surface area contributed by atoms with E-state index < -0.39 is 54.3 Å². The number of thiazole rings is 1. The Bertz CT molecular complexity index is 1230. The van der Waals surface area contributed by atoms with Crippen molar-refractivity contribution in [3.05, 3.63) is 64.7 Å². The lowest BCUT2D eigenvalue weighted by molar-refractivity contribution is -0.137. The highest BCUT2D eigenvalue weighted by Gasteiger charge is 2.47. The fourth-order valence-electron chi connectivity index (χ4n) is 4.13. The van der Waals surface area contributed by atoms with Crippen molar-refractivity contribution in [3.63, 3.8) is 0 Å². The van der Waals surface area contributed by atoms with Gasteiger partial charge in [0.1, 0.15) is 18.1 Å². The third-order valence-corrected chi connectivity index (χ3v) is 6.87. The van der Waals surface area contributed by atoms with Crippen LogP contribution in [0, 0.1) is 18.7 Å². The molecule has 2 atom stereocenters. The van der Waals surface area contributed by atoms with Gasteiger partial charge in [-0.05, 0) is 36.6 Å². The van der Waals surface area contributed by atoms with Crippen LogP contribution in [-0.4, -0.2) is 45.9 Å². The second-order valence-electron chi connectivity index (χ2n) is 8.65. The number of amides is 1. The van der Waals surface area contributed by atoms with Crippen LogP contribution in [0.5, 0.6) is 5.88 Å². The van der Waals surface area contributed by atoms with Crippen molar-refractivity contribution in [2.45, 2.75) is 38.4 Å². The van der Waals surface area contributed by atoms with Gasteiger partial charge in [0, 0.05) is 18.7 Å². The lowest BCUT2D eigenvalue weighted by Crippen LogP contribution is -2.57. The van der Waals surface area contributed by atoms with Crippen LogP contribution in [0.2, 0.25) is 0 Å². The van der Waals surface area contributed by atoms with Gasteiger partial charge in [0.05, 0.1) is 28.0 Å². The third kappa shape index (κ3) is 5.63. The van der Waals surface area contributed by atoms with Gasteiger partial charge in [-0.25, -0.2) is 23.1 Å². The zero-order chi connectivity index (χ0) is 26.3. The number of aryl methyl sites for hydroxylation is 1. The van der Waals surface area contributed by atoms with E-state index in [4.69, 9.17) is 4.74 Å². The normalized spacial score (nSPS) is 19.8. The number of carbonyl (C=O) groups is 1. The number of hydrogen-bond acceptors (Lipinski definition) is 5. The maximum absolute atomic E-state index is 14.5. The largest absolute Gasteiger partial charge is 0.475 e. The zero-order valence-corrected chi connectivity index (χ0v) is 20.0. The molecule has 12 heteroatoms. The third-order valence-electron chi connectivity index (χ3n) is 5.85. The monoisotopic (exact) mass is 529 g/mol. The molecule has 192 valence electrons. The Kier molecular flexibility index (Phi) is 7.00. The van der Waals surface area contributed by atoms with Crippen molar-refractivity contribution in [2.75, 3.05) is 13.2 Å². The Hall–Kier alpha value is -3.15. The summed E-state index contributed by atoms with van der Waals surface area (Å²) in [5, 5.41) is 0.524. The van der Waals surface area contributed by atoms with Crippen LogP contribution in [0.25, 0.3) is 10.4 Å². The molecule has 5 nitrogen and oxygen atoms in total. The number of piperidine rings is 1. The van der Waals surface area contributed by atoms with Gasteiger partial charge in [0.15, 0.2) is 0 Å². The fourth-order valence-corrected chi connectivity index (χ4v) is 5.05. The number of hydrogen-bond donors (Lipinski definition) is 0. The highest BCUT2D eigenvalue weighted by molar-refractivity contribution is 7.15. The minimum atomic E-state index is -4.56. The van der Waals surface area contributed by atoms with E-state index in [2.05, 4.69) is 9.97 Å². The first-order chi connectivity index (χ1) is 16.8. The minimum absolute atomic E-state index is 0.0355. The Labute approximate surface area is 206 Å². The second kappa shape index (κ2) is 9.72. The predicted molar refractivity (Wildman–Crippen MR) is 121 cm³/mol. The maximum Gasteiger partial charge on any atom is 0.417 e. The van der Waals surface area contributed by atoms with Gasteiger partial charge in [0.2, 0.25) is 5.88 Å². The molecule has 0 saturated carbocycles. The van der Waals surface area contributed by atoms with Gasteiger partial charge in [-0.15, -0.1) is 11.3 Å². The topological polar surface area (TPSA) is 55.3 Å². The number of benzene rings is 1. The number of pyridine rings is 1. The molecule has 3 aromatic rings. The highest BCUT2D eigenvalue weighted by Crippen LogP contribution is 2.38. The lowest BCUT2D eigenvalue weighted by Gasteiger charge is -2.42. The number of ether oxygens (including phenoxy) is 1. The molecule has 0 spiro atoms.